The van der Waals surface area contributed by atoms with Crippen LogP contribution in [0.4, 0.5) is 4.39 Å². The largest absolute Gasteiger partial charge is 0.493 e. The third-order valence-electron chi connectivity index (χ3n) is 7.03. The molecule has 32 heavy (non-hydrogen) atoms. The number of hydrogen-bond acceptors (Lipinski definition) is 3. The highest BCUT2D eigenvalue weighted by Crippen LogP contribution is 2.41. The maximum Gasteiger partial charge on any atom is 0.223 e. The van der Waals surface area contributed by atoms with E-state index in [1.54, 1.807) is 6.92 Å². The van der Waals surface area contributed by atoms with Crippen molar-refractivity contribution < 1.29 is 13.9 Å². The van der Waals surface area contributed by atoms with Gasteiger partial charge in [-0.3, -0.25) is 9.69 Å². The molecule has 2 aliphatic carbocycles. The van der Waals surface area contributed by atoms with Crippen LogP contribution in [0.1, 0.15) is 54.9 Å². The first kappa shape index (κ1) is 21.4. The van der Waals surface area contributed by atoms with E-state index in [0.29, 0.717) is 31.9 Å². The number of nitrogens with one attached hydrogen (secondary N) is 1. The SMILES string of the molecule is CC1(F)CC(COc2ccc3c(c2)CCN(Cc2ccc(CNC(=O)C4CC4)cc2)C3)C1. The maximum absolute atomic E-state index is 13.6. The molecule has 1 aliphatic heterocycles. The number of fused-ring (bicyclic) bond motifs is 1. The molecule has 2 aromatic carbocycles. The van der Waals surface area contributed by atoms with Crippen LogP contribution in [0.2, 0.25) is 0 Å². The molecule has 0 saturated heterocycles. The highest BCUT2D eigenvalue weighted by atomic mass is 19.1. The number of carbonyl (C=O) groups is 1. The van der Waals surface area contributed by atoms with Gasteiger partial charge in [-0.2, -0.15) is 0 Å². The Balaban J connectivity index is 1.10. The second kappa shape index (κ2) is 8.86. The molecule has 0 spiro atoms. The van der Waals surface area contributed by atoms with E-state index in [0.717, 1.165) is 50.2 Å². The molecule has 0 bridgehead atoms. The second-order valence-corrected chi connectivity index (χ2v) is 10.2. The van der Waals surface area contributed by atoms with Crippen molar-refractivity contribution in [1.82, 2.24) is 10.2 Å². The van der Waals surface area contributed by atoms with Gasteiger partial charge in [-0.1, -0.05) is 30.3 Å². The Morgan fingerprint density at radius 1 is 1.12 bits per heavy atom. The van der Waals surface area contributed by atoms with E-state index < -0.39 is 5.67 Å². The van der Waals surface area contributed by atoms with Crippen molar-refractivity contribution in [2.24, 2.45) is 11.8 Å². The van der Waals surface area contributed by atoms with Crippen LogP contribution in [0.5, 0.6) is 5.75 Å². The van der Waals surface area contributed by atoms with E-state index >= 15 is 0 Å². The number of benzene rings is 2. The fourth-order valence-corrected chi connectivity index (χ4v) is 4.99. The summed E-state index contributed by atoms with van der Waals surface area (Å²) in [6.45, 7) is 5.81. The Labute approximate surface area is 190 Å². The van der Waals surface area contributed by atoms with Crippen molar-refractivity contribution in [1.29, 1.82) is 0 Å². The van der Waals surface area contributed by atoms with Crippen molar-refractivity contribution in [2.45, 2.75) is 64.3 Å². The normalized spacial score (nSPS) is 25.0. The Bertz CT molecular complexity index is 960. The van der Waals surface area contributed by atoms with Crippen LogP contribution in [0, 0.1) is 11.8 Å². The van der Waals surface area contributed by atoms with Gasteiger partial charge < -0.3 is 10.1 Å². The molecule has 3 aliphatic rings. The number of halogens is 1. The summed E-state index contributed by atoms with van der Waals surface area (Å²) in [5, 5.41) is 3.03. The number of ether oxygens (including phenoxy) is 1. The maximum atomic E-state index is 13.6. The molecular weight excluding hydrogens is 403 g/mol. The topological polar surface area (TPSA) is 41.6 Å². The molecule has 2 saturated carbocycles. The van der Waals surface area contributed by atoms with Crippen LogP contribution in [-0.2, 0) is 30.8 Å². The molecule has 4 nitrogen and oxygen atoms in total. The van der Waals surface area contributed by atoms with E-state index in [1.807, 2.05) is 0 Å². The number of nitrogens with zero attached hydrogens (tertiary/aromatic N) is 1. The minimum atomic E-state index is -0.986. The lowest BCUT2D eigenvalue weighted by Gasteiger charge is -2.38. The van der Waals surface area contributed by atoms with Crippen molar-refractivity contribution in [3.05, 3.63) is 64.7 Å². The lowest BCUT2D eigenvalue weighted by molar-refractivity contribution is -0.122. The second-order valence-electron chi connectivity index (χ2n) is 10.2. The number of alkyl halides is 1. The fourth-order valence-electron chi connectivity index (χ4n) is 4.99. The fraction of sp³-hybridized carbons (Fsp3) is 0.519. The average Bonchev–Trinajstić information content (AvgIpc) is 3.61. The Kier molecular flexibility index (Phi) is 5.93. The van der Waals surface area contributed by atoms with Gasteiger partial charge in [0.05, 0.1) is 6.61 Å². The smallest absolute Gasteiger partial charge is 0.223 e. The molecule has 5 rings (SSSR count). The van der Waals surface area contributed by atoms with Crippen LogP contribution in [0.15, 0.2) is 42.5 Å². The van der Waals surface area contributed by atoms with Crippen LogP contribution in [0.3, 0.4) is 0 Å². The molecule has 0 atom stereocenters. The highest BCUT2D eigenvalue weighted by Gasteiger charge is 2.40. The molecule has 1 amide bonds. The van der Waals surface area contributed by atoms with Crippen LogP contribution >= 0.6 is 0 Å². The molecule has 1 heterocycles. The van der Waals surface area contributed by atoms with Crippen molar-refractivity contribution in [3.8, 4) is 5.75 Å². The van der Waals surface area contributed by atoms with Gasteiger partial charge in [0.15, 0.2) is 0 Å². The van der Waals surface area contributed by atoms with Gasteiger partial charge in [0.2, 0.25) is 5.91 Å². The molecule has 1 N–H and O–H groups in total. The molecule has 0 unspecified atom stereocenters. The number of hydrogen-bond donors (Lipinski definition) is 1. The zero-order valence-electron chi connectivity index (χ0n) is 18.9. The average molecular weight is 437 g/mol. The van der Waals surface area contributed by atoms with Crippen molar-refractivity contribution in [3.63, 3.8) is 0 Å². The third kappa shape index (κ3) is 5.32. The summed E-state index contributed by atoms with van der Waals surface area (Å²) in [4.78, 5) is 14.3. The zero-order chi connectivity index (χ0) is 22.1. The number of amides is 1. The highest BCUT2D eigenvalue weighted by molar-refractivity contribution is 5.80. The van der Waals surface area contributed by atoms with E-state index in [1.165, 1.54) is 16.7 Å². The molecule has 0 radical (unpaired) electrons. The Morgan fingerprint density at radius 2 is 1.88 bits per heavy atom. The molecule has 2 fully saturated rings. The van der Waals surface area contributed by atoms with E-state index in [9.17, 15) is 9.18 Å². The van der Waals surface area contributed by atoms with Crippen molar-refractivity contribution >= 4 is 5.91 Å². The molecule has 5 heteroatoms. The summed E-state index contributed by atoms with van der Waals surface area (Å²) in [7, 11) is 0. The molecule has 170 valence electrons. The van der Waals surface area contributed by atoms with Gasteiger partial charge in [-0.15, -0.1) is 0 Å². The standard InChI is InChI=1S/C27H33FN2O2/c1-27(28)13-21(14-27)18-32-25-9-8-24-17-30(11-10-23(24)12-25)16-20-4-2-19(3-5-20)15-29-26(31)22-6-7-22/h2-5,8-9,12,21-22H,6-7,10-11,13-18H2,1H3,(H,29,31). The van der Waals surface area contributed by atoms with Gasteiger partial charge in [0.1, 0.15) is 11.4 Å². The number of rotatable bonds is 8. The first-order valence-corrected chi connectivity index (χ1v) is 11.9. The molecule has 0 aromatic heterocycles. The van der Waals surface area contributed by atoms with Crippen LogP contribution < -0.4 is 10.1 Å². The van der Waals surface area contributed by atoms with Gasteiger partial charge in [-0.05, 0) is 79.3 Å². The third-order valence-corrected chi connectivity index (χ3v) is 7.03. The summed E-state index contributed by atoms with van der Waals surface area (Å²) < 4.78 is 19.6. The Hall–Kier alpha value is -2.40. The predicted octanol–water partition coefficient (Wildman–Crippen LogP) is 4.79. The number of carbonyl (C=O) groups excluding carboxylic acids is 1. The minimum Gasteiger partial charge on any atom is -0.493 e. The van der Waals surface area contributed by atoms with E-state index in [2.05, 4.69) is 52.7 Å². The molecule has 2 aromatic rings. The summed E-state index contributed by atoms with van der Waals surface area (Å²) >= 11 is 0. The van der Waals surface area contributed by atoms with Gasteiger partial charge in [0.25, 0.3) is 0 Å². The lowest BCUT2D eigenvalue weighted by Crippen LogP contribution is -2.39. The summed E-state index contributed by atoms with van der Waals surface area (Å²) in [6, 6.07) is 15.0. The monoisotopic (exact) mass is 436 g/mol. The first-order chi connectivity index (χ1) is 15.4. The van der Waals surface area contributed by atoms with Gasteiger partial charge >= 0.3 is 0 Å². The van der Waals surface area contributed by atoms with E-state index in [-0.39, 0.29) is 11.8 Å². The van der Waals surface area contributed by atoms with Crippen molar-refractivity contribution in [2.75, 3.05) is 13.2 Å². The van der Waals surface area contributed by atoms with Gasteiger partial charge in [-0.25, -0.2) is 4.39 Å². The van der Waals surface area contributed by atoms with Crippen LogP contribution in [-0.4, -0.2) is 29.6 Å². The first-order valence-electron chi connectivity index (χ1n) is 11.9. The lowest BCUT2D eigenvalue weighted by atomic mass is 9.74. The Morgan fingerprint density at radius 3 is 2.59 bits per heavy atom. The minimum absolute atomic E-state index is 0.195. The summed E-state index contributed by atoms with van der Waals surface area (Å²) in [5.41, 5.74) is 4.19. The summed E-state index contributed by atoms with van der Waals surface area (Å²) in [5.74, 6) is 1.71. The zero-order valence-corrected chi connectivity index (χ0v) is 18.9. The van der Waals surface area contributed by atoms with Crippen LogP contribution in [0.25, 0.3) is 0 Å². The van der Waals surface area contributed by atoms with E-state index in [4.69, 9.17) is 4.74 Å². The summed E-state index contributed by atoms with van der Waals surface area (Å²) in [6.07, 6.45) is 4.33. The molecular formula is C27H33FN2O2. The van der Waals surface area contributed by atoms with Gasteiger partial charge in [0, 0.05) is 32.1 Å². The predicted molar refractivity (Wildman–Crippen MR) is 123 cm³/mol. The quantitative estimate of drug-likeness (QED) is 0.647.